The quantitative estimate of drug-likeness (QED) is 0.490. The molecule has 0 aromatic carbocycles. The monoisotopic (exact) mass is 413 g/mol. The second kappa shape index (κ2) is 18.9. The van der Waals surface area contributed by atoms with Gasteiger partial charge in [0.25, 0.3) is 0 Å². The van der Waals surface area contributed by atoms with Crippen LogP contribution >= 0.6 is 0 Å². The third kappa shape index (κ3) is 14.8. The number of hydrogen-bond donors (Lipinski definition) is 0. The maximum Gasteiger partial charge on any atom is 1.00 e. The Morgan fingerprint density at radius 3 is 1.95 bits per heavy atom. The van der Waals surface area contributed by atoms with E-state index in [4.69, 9.17) is 0 Å². The Bertz CT molecular complexity index is 394. The molecule has 0 aliphatic rings. The van der Waals surface area contributed by atoms with Gasteiger partial charge in [0.05, 0.1) is 0 Å². The smallest absolute Gasteiger partial charge is 0.388 e. The van der Waals surface area contributed by atoms with Crippen LogP contribution in [0.2, 0.25) is 0 Å². The minimum atomic E-state index is 0. The van der Waals surface area contributed by atoms with Gasteiger partial charge >= 0.3 is 116 Å². The molecule has 0 fully saturated rings. The van der Waals surface area contributed by atoms with Gasteiger partial charge in [-0.2, -0.15) is 23.3 Å². The van der Waals surface area contributed by atoms with Gasteiger partial charge in [0, 0.05) is 0 Å². The van der Waals surface area contributed by atoms with Gasteiger partial charge in [0.1, 0.15) is 0 Å². The molecule has 3 nitrogen and oxygen atoms in total. The van der Waals surface area contributed by atoms with Gasteiger partial charge in [0.15, 0.2) is 0 Å². The van der Waals surface area contributed by atoms with Gasteiger partial charge in [-0.3, -0.25) is 5.10 Å². The number of hydrogen-bond acceptors (Lipinski definition) is 3. The van der Waals surface area contributed by atoms with Gasteiger partial charge in [-0.05, 0) is 6.20 Å². The fraction of sp³-hybridized carbons (Fsp3) is 0.400. The average molecular weight is 414 g/mol. The molecule has 0 N–H and O–H groups in total. The van der Waals surface area contributed by atoms with Crippen LogP contribution in [0.25, 0.3) is 0 Å². The van der Waals surface area contributed by atoms with Crippen molar-refractivity contribution in [2.75, 3.05) is 0 Å². The van der Waals surface area contributed by atoms with Gasteiger partial charge in [-0.25, -0.2) is 12.1 Å². The molecule has 2 aromatic heterocycles. The zero-order chi connectivity index (χ0) is 13.8. The maximum absolute atomic E-state index is 3.95. The van der Waals surface area contributed by atoms with E-state index in [1.165, 1.54) is 0 Å². The van der Waals surface area contributed by atoms with Crippen molar-refractivity contribution in [3.05, 3.63) is 54.1 Å². The number of aryl methyl sites for hydroxylation is 1. The van der Waals surface area contributed by atoms with E-state index < -0.39 is 0 Å². The molecule has 0 atom stereocenters. The molecule has 0 bridgehead atoms. The van der Waals surface area contributed by atoms with Crippen LogP contribution < -0.4 is 116 Å². The van der Waals surface area contributed by atoms with Crippen LogP contribution in [-0.4, -0.2) is 15.2 Å². The van der Waals surface area contributed by atoms with Crippen molar-refractivity contribution in [1.82, 2.24) is 15.2 Å². The van der Waals surface area contributed by atoms with Crippen LogP contribution in [0.15, 0.2) is 30.6 Å². The Balaban J connectivity index is -0.000000240. The van der Waals surface area contributed by atoms with E-state index in [1.807, 2.05) is 32.9 Å². The van der Waals surface area contributed by atoms with Gasteiger partial charge in [-0.15, -0.1) is 0 Å². The van der Waals surface area contributed by atoms with E-state index in [-0.39, 0.29) is 116 Å². The van der Waals surface area contributed by atoms with E-state index in [9.17, 15) is 0 Å². The topological polar surface area (TPSA) is 38.7 Å². The van der Waals surface area contributed by atoms with Crippen molar-refractivity contribution in [2.45, 2.75) is 40.5 Å². The first kappa shape index (κ1) is 26.7. The van der Waals surface area contributed by atoms with Crippen LogP contribution in [0.4, 0.5) is 0 Å². The van der Waals surface area contributed by atoms with Crippen LogP contribution in [0.5, 0.6) is 0 Å². The third-order valence-corrected chi connectivity index (χ3v) is 1.87. The van der Waals surface area contributed by atoms with E-state index in [0.29, 0.717) is 5.92 Å². The molecular weight excluding hydrogens is 393 g/mol. The fourth-order valence-electron chi connectivity index (χ4n) is 0.966. The first-order valence-corrected chi connectivity index (χ1v) is 6.17. The Kier molecular flexibility index (Phi) is 25.2. The summed E-state index contributed by atoms with van der Waals surface area (Å²) >= 11 is 0. The minimum absolute atomic E-state index is 0. The van der Waals surface area contributed by atoms with Crippen molar-refractivity contribution in [2.24, 2.45) is 0 Å². The SMILES string of the molecule is CC.CC(C)c1c[c-]cnn1.Cc1c[c-]ccn1.[Rb+].[Rb+]. The molecule has 98 valence electrons. The molecule has 20 heavy (non-hydrogen) atoms. The van der Waals surface area contributed by atoms with Gasteiger partial charge in [0.2, 0.25) is 0 Å². The van der Waals surface area contributed by atoms with E-state index >= 15 is 0 Å². The molecule has 2 heterocycles. The van der Waals surface area contributed by atoms with Gasteiger partial charge in [-0.1, -0.05) is 58.1 Å². The molecular formula is C15H21N3Rb2. The first-order valence-electron chi connectivity index (χ1n) is 6.17. The molecule has 5 heteroatoms. The summed E-state index contributed by atoms with van der Waals surface area (Å²) in [5.41, 5.74) is 2.01. The Morgan fingerprint density at radius 1 is 1.05 bits per heavy atom. The molecule has 0 aliphatic heterocycles. The summed E-state index contributed by atoms with van der Waals surface area (Å²) in [6.07, 6.45) is 3.29. The Hall–Kier alpha value is 1.84. The van der Waals surface area contributed by atoms with Crippen molar-refractivity contribution >= 4 is 0 Å². The van der Waals surface area contributed by atoms with Crippen LogP contribution in [0.3, 0.4) is 0 Å². The van der Waals surface area contributed by atoms with E-state index in [1.54, 1.807) is 18.5 Å². The summed E-state index contributed by atoms with van der Waals surface area (Å²) in [5.74, 6) is 0.454. The Labute approximate surface area is 221 Å². The summed E-state index contributed by atoms with van der Waals surface area (Å²) in [6, 6.07) is 11.3. The summed E-state index contributed by atoms with van der Waals surface area (Å²) in [4.78, 5) is 3.95. The standard InChI is InChI=1S/C7H9N2.C6H6N.C2H6.2Rb/c1-6(2)7-4-3-5-8-9-7;1-6-4-2-3-5-7-6;1-2;;/h4-6H,1-2H3;3-5H,1H3;1-2H3;;/q2*-1;;2*+1. The van der Waals surface area contributed by atoms with Gasteiger partial charge < -0.3 is 4.98 Å². The van der Waals surface area contributed by atoms with Crippen molar-refractivity contribution in [1.29, 1.82) is 0 Å². The summed E-state index contributed by atoms with van der Waals surface area (Å²) in [5, 5.41) is 7.60. The molecule has 0 saturated heterocycles. The van der Waals surface area contributed by atoms with Crippen LogP contribution in [0, 0.1) is 19.1 Å². The number of aromatic nitrogens is 3. The average Bonchev–Trinajstić information content (AvgIpc) is 2.43. The summed E-state index contributed by atoms with van der Waals surface area (Å²) in [7, 11) is 0. The van der Waals surface area contributed by atoms with Crippen LogP contribution in [0.1, 0.15) is 45.0 Å². The molecule has 0 aliphatic carbocycles. The second-order valence-electron chi connectivity index (χ2n) is 3.63. The largest absolute Gasteiger partial charge is 1.00 e. The fourth-order valence-corrected chi connectivity index (χ4v) is 0.966. The molecule has 2 aromatic rings. The maximum atomic E-state index is 3.95. The van der Waals surface area contributed by atoms with E-state index in [2.05, 4.69) is 41.2 Å². The second-order valence-corrected chi connectivity index (χ2v) is 3.63. The molecule has 0 unspecified atom stereocenters. The molecule has 2 rings (SSSR count). The number of rotatable bonds is 1. The van der Waals surface area contributed by atoms with Crippen molar-refractivity contribution < 1.29 is 116 Å². The Morgan fingerprint density at radius 2 is 1.70 bits per heavy atom. The number of nitrogens with zero attached hydrogens (tertiary/aromatic N) is 3. The number of pyridine rings is 1. The van der Waals surface area contributed by atoms with Crippen LogP contribution in [-0.2, 0) is 0 Å². The normalized spacial score (nSPS) is 7.90. The predicted molar refractivity (Wildman–Crippen MR) is 74.1 cm³/mol. The molecule has 0 radical (unpaired) electrons. The first-order chi connectivity index (χ1) is 8.70. The molecule has 0 saturated carbocycles. The molecule has 0 spiro atoms. The zero-order valence-corrected chi connectivity index (χ0v) is 23.6. The van der Waals surface area contributed by atoms with E-state index in [0.717, 1.165) is 11.4 Å². The minimum Gasteiger partial charge on any atom is -0.388 e. The summed E-state index contributed by atoms with van der Waals surface area (Å²) < 4.78 is 0. The third-order valence-electron chi connectivity index (χ3n) is 1.87. The predicted octanol–water partition coefficient (Wildman–Crippen LogP) is -2.38. The zero-order valence-electron chi connectivity index (χ0n) is 13.8. The molecule has 0 amide bonds. The van der Waals surface area contributed by atoms with Crippen molar-refractivity contribution in [3.8, 4) is 0 Å². The summed E-state index contributed by atoms with van der Waals surface area (Å²) in [6.45, 7) is 10.1. The van der Waals surface area contributed by atoms with Crippen molar-refractivity contribution in [3.63, 3.8) is 0 Å².